The van der Waals surface area contributed by atoms with Gasteiger partial charge in [0, 0.05) is 0 Å². The molecule has 0 radical (unpaired) electrons. The fourth-order valence-corrected chi connectivity index (χ4v) is 0.578. The Balaban J connectivity index is 3.97. The Kier molecular flexibility index (Phi) is 3.57. The van der Waals surface area contributed by atoms with Crippen molar-refractivity contribution >= 4 is 12.4 Å². The molecule has 0 N–H and O–H groups in total. The summed E-state index contributed by atoms with van der Waals surface area (Å²) < 4.78 is 8.92. The normalized spacial score (nSPS) is 10.5. The molecule has 0 fully saturated rings. The number of methoxy groups -OCH3 is 1. The highest BCUT2D eigenvalue weighted by molar-refractivity contribution is 5.76. The molecule has 0 saturated carbocycles. The lowest BCUT2D eigenvalue weighted by molar-refractivity contribution is -0.155. The first-order valence-corrected chi connectivity index (χ1v) is 3.18. The minimum atomic E-state index is -0.754. The van der Waals surface area contributed by atoms with Crippen molar-refractivity contribution in [2.45, 2.75) is 13.8 Å². The number of hydrogen-bond donors (Lipinski definition) is 0. The molecule has 0 aliphatic carbocycles. The van der Waals surface area contributed by atoms with Gasteiger partial charge in [-0.2, -0.15) is 0 Å². The van der Waals surface area contributed by atoms with Gasteiger partial charge in [-0.1, -0.05) is 0 Å². The predicted molar refractivity (Wildman–Crippen MR) is 37.8 cm³/mol. The Bertz CT molecular complexity index is 151. The van der Waals surface area contributed by atoms with E-state index >= 15 is 0 Å². The Morgan fingerprint density at radius 1 is 1.55 bits per heavy atom. The summed E-state index contributed by atoms with van der Waals surface area (Å²) in [5.74, 6) is -0.389. The molecule has 4 nitrogen and oxygen atoms in total. The molecule has 0 aromatic rings. The molecule has 0 unspecified atom stereocenters. The fourth-order valence-electron chi connectivity index (χ4n) is 0.578. The van der Waals surface area contributed by atoms with Crippen molar-refractivity contribution in [2.24, 2.45) is 5.41 Å². The third-order valence-corrected chi connectivity index (χ3v) is 1.25. The molecule has 0 saturated heterocycles. The van der Waals surface area contributed by atoms with Crippen molar-refractivity contribution in [2.75, 3.05) is 13.7 Å². The number of hydrogen-bond acceptors (Lipinski definition) is 4. The van der Waals surface area contributed by atoms with Crippen molar-refractivity contribution in [3.63, 3.8) is 0 Å². The van der Waals surface area contributed by atoms with Gasteiger partial charge in [0.15, 0.2) is 0 Å². The molecule has 11 heavy (non-hydrogen) atoms. The summed E-state index contributed by atoms with van der Waals surface area (Å²) in [7, 11) is 1.30. The maximum Gasteiger partial charge on any atom is 0.314 e. The average Bonchev–Trinajstić information content (AvgIpc) is 1.99. The molecule has 0 bridgehead atoms. The van der Waals surface area contributed by atoms with Gasteiger partial charge in [-0.15, -0.1) is 0 Å². The number of carbonyl (C=O) groups excluding carboxylic acids is 2. The molecule has 0 aliphatic heterocycles. The van der Waals surface area contributed by atoms with Crippen molar-refractivity contribution in [3.05, 3.63) is 0 Å². The van der Waals surface area contributed by atoms with Crippen LogP contribution in [0.3, 0.4) is 0 Å². The fraction of sp³-hybridized carbons (Fsp3) is 0.714. The quantitative estimate of drug-likeness (QED) is 0.440. The van der Waals surface area contributed by atoms with Crippen LogP contribution < -0.4 is 0 Å². The Morgan fingerprint density at radius 2 is 2.09 bits per heavy atom. The zero-order valence-corrected chi connectivity index (χ0v) is 6.92. The topological polar surface area (TPSA) is 52.6 Å². The minimum absolute atomic E-state index is 0.0448. The molecular formula is C7H12O4. The Morgan fingerprint density at radius 3 is 2.45 bits per heavy atom. The molecule has 0 rings (SSSR count). The predicted octanol–water partition coefficient (Wildman–Crippen LogP) is 0.359. The number of carbonyl (C=O) groups is 2. The van der Waals surface area contributed by atoms with Crippen molar-refractivity contribution in [1.82, 2.24) is 0 Å². The van der Waals surface area contributed by atoms with Gasteiger partial charge in [-0.05, 0) is 13.8 Å². The van der Waals surface area contributed by atoms with Crippen LogP contribution in [0.2, 0.25) is 0 Å². The van der Waals surface area contributed by atoms with Gasteiger partial charge < -0.3 is 9.47 Å². The van der Waals surface area contributed by atoms with Crippen molar-refractivity contribution in [1.29, 1.82) is 0 Å². The largest absolute Gasteiger partial charge is 0.469 e. The summed E-state index contributed by atoms with van der Waals surface area (Å²) in [5, 5.41) is 0. The number of ether oxygens (including phenoxy) is 2. The molecular weight excluding hydrogens is 148 g/mol. The zero-order valence-electron chi connectivity index (χ0n) is 6.92. The van der Waals surface area contributed by atoms with E-state index in [0.717, 1.165) is 0 Å². The lowest BCUT2D eigenvalue weighted by atomic mass is 9.95. The summed E-state index contributed by atoms with van der Waals surface area (Å²) in [6.45, 7) is 3.64. The minimum Gasteiger partial charge on any atom is -0.469 e. The van der Waals surface area contributed by atoms with E-state index in [9.17, 15) is 9.59 Å². The lowest BCUT2D eigenvalue weighted by Crippen LogP contribution is -2.30. The monoisotopic (exact) mass is 160 g/mol. The van der Waals surface area contributed by atoms with Gasteiger partial charge in [0.25, 0.3) is 6.47 Å². The second kappa shape index (κ2) is 3.95. The van der Waals surface area contributed by atoms with Gasteiger partial charge in [0.1, 0.15) is 6.61 Å². The van der Waals surface area contributed by atoms with Gasteiger partial charge in [-0.25, -0.2) is 0 Å². The van der Waals surface area contributed by atoms with Crippen LogP contribution in [0, 0.1) is 5.41 Å². The van der Waals surface area contributed by atoms with Gasteiger partial charge in [-0.3, -0.25) is 9.59 Å². The number of esters is 1. The van der Waals surface area contributed by atoms with Crippen molar-refractivity contribution < 1.29 is 19.1 Å². The van der Waals surface area contributed by atoms with Crippen LogP contribution in [-0.2, 0) is 19.1 Å². The van der Waals surface area contributed by atoms with Gasteiger partial charge in [0.2, 0.25) is 0 Å². The van der Waals surface area contributed by atoms with E-state index in [-0.39, 0.29) is 12.6 Å². The van der Waals surface area contributed by atoms with Crippen molar-refractivity contribution in [3.8, 4) is 0 Å². The van der Waals surface area contributed by atoms with Crippen LogP contribution in [0.5, 0.6) is 0 Å². The molecule has 4 heteroatoms. The maximum absolute atomic E-state index is 10.9. The van der Waals surface area contributed by atoms with Crippen LogP contribution in [0.1, 0.15) is 13.8 Å². The van der Waals surface area contributed by atoms with E-state index in [1.54, 1.807) is 13.8 Å². The molecule has 0 amide bonds. The highest BCUT2D eigenvalue weighted by atomic mass is 16.5. The highest BCUT2D eigenvalue weighted by Crippen LogP contribution is 2.16. The van der Waals surface area contributed by atoms with Gasteiger partial charge >= 0.3 is 5.97 Å². The van der Waals surface area contributed by atoms with Crippen LogP contribution in [0.15, 0.2) is 0 Å². The van der Waals surface area contributed by atoms with Crippen LogP contribution in [-0.4, -0.2) is 26.2 Å². The van der Waals surface area contributed by atoms with Crippen LogP contribution in [0.4, 0.5) is 0 Å². The van der Waals surface area contributed by atoms with Crippen LogP contribution in [0.25, 0.3) is 0 Å². The molecule has 0 atom stereocenters. The molecule has 0 heterocycles. The van der Waals surface area contributed by atoms with E-state index in [0.29, 0.717) is 6.47 Å². The molecule has 64 valence electrons. The third-order valence-electron chi connectivity index (χ3n) is 1.25. The molecule has 0 spiro atoms. The first kappa shape index (κ1) is 9.94. The van der Waals surface area contributed by atoms with E-state index in [4.69, 9.17) is 0 Å². The highest BCUT2D eigenvalue weighted by Gasteiger charge is 2.29. The summed E-state index contributed by atoms with van der Waals surface area (Å²) in [6, 6.07) is 0. The first-order chi connectivity index (χ1) is 5.04. The van der Waals surface area contributed by atoms with E-state index in [1.807, 2.05) is 0 Å². The Hall–Kier alpha value is -1.06. The van der Waals surface area contributed by atoms with Crippen LogP contribution >= 0.6 is 0 Å². The van der Waals surface area contributed by atoms with E-state index < -0.39 is 5.41 Å². The Labute approximate surface area is 65.5 Å². The second-order valence-electron chi connectivity index (χ2n) is 2.78. The maximum atomic E-state index is 10.9. The zero-order chi connectivity index (χ0) is 8.91. The lowest BCUT2D eigenvalue weighted by Gasteiger charge is -2.19. The molecule has 0 aromatic heterocycles. The van der Waals surface area contributed by atoms with Gasteiger partial charge in [0.05, 0.1) is 12.5 Å². The van der Waals surface area contributed by atoms with E-state index in [2.05, 4.69) is 9.47 Å². The summed E-state index contributed by atoms with van der Waals surface area (Å²) in [4.78, 5) is 20.7. The smallest absolute Gasteiger partial charge is 0.314 e. The second-order valence-corrected chi connectivity index (χ2v) is 2.78. The summed E-state index contributed by atoms with van der Waals surface area (Å²) in [5.41, 5.74) is -0.754. The third kappa shape index (κ3) is 3.02. The molecule has 0 aliphatic rings. The first-order valence-electron chi connectivity index (χ1n) is 3.18. The SMILES string of the molecule is COC(=O)C(C)(C)COC=O. The molecule has 0 aromatic carbocycles. The average molecular weight is 160 g/mol. The summed E-state index contributed by atoms with van der Waals surface area (Å²) >= 11 is 0. The standard InChI is InChI=1S/C7H12O4/c1-7(2,4-11-5-8)6(9)10-3/h5H,4H2,1-3H3. The van der Waals surface area contributed by atoms with E-state index in [1.165, 1.54) is 7.11 Å². The summed E-state index contributed by atoms with van der Waals surface area (Å²) in [6.07, 6.45) is 0. The number of rotatable bonds is 4.